The monoisotopic (exact) mass is 337 g/mol. The van der Waals surface area contributed by atoms with E-state index in [-0.39, 0.29) is 43.4 Å². The van der Waals surface area contributed by atoms with Gasteiger partial charge in [0.1, 0.15) is 0 Å². The van der Waals surface area contributed by atoms with Gasteiger partial charge in [-0.2, -0.15) is 0 Å². The number of nitrogens with zero attached hydrogens (tertiary/aromatic N) is 2. The van der Waals surface area contributed by atoms with E-state index in [1.165, 1.54) is 0 Å². The van der Waals surface area contributed by atoms with Gasteiger partial charge < -0.3 is 54.2 Å². The van der Waals surface area contributed by atoms with Crippen molar-refractivity contribution in [2.45, 2.75) is 6.54 Å². The summed E-state index contributed by atoms with van der Waals surface area (Å²) in [7, 11) is 0. The molecule has 2 N–H and O–H groups in total. The predicted octanol–water partition coefficient (Wildman–Crippen LogP) is -3.07. The summed E-state index contributed by atoms with van der Waals surface area (Å²) in [4.78, 5) is 8.39. The molecule has 2 rings (SSSR count). The van der Waals surface area contributed by atoms with Crippen molar-refractivity contribution in [1.82, 2.24) is 20.6 Å². The molecule has 1 aromatic carbocycles. The van der Waals surface area contributed by atoms with Gasteiger partial charge in [0.15, 0.2) is 0 Å². The fourth-order valence-electron chi connectivity index (χ4n) is 1.64. The van der Waals surface area contributed by atoms with Crippen LogP contribution in [0, 0.1) is 33.1 Å². The van der Waals surface area contributed by atoms with Crippen LogP contribution in [0.4, 0.5) is 4.39 Å². The molecule has 0 radical (unpaired) electrons. The topological polar surface area (TPSA) is 49.8 Å². The molecule has 0 unspecified atom stereocenters. The van der Waals surface area contributed by atoms with Gasteiger partial charge in [0.05, 0.1) is 11.0 Å². The Morgan fingerprint density at radius 3 is 2.27 bits per heavy atom. The van der Waals surface area contributed by atoms with Gasteiger partial charge in [-0.3, -0.25) is 15.8 Å². The number of allylic oxidation sites excluding steroid dienone is 3. The van der Waals surface area contributed by atoms with Crippen molar-refractivity contribution in [3.63, 3.8) is 0 Å². The SMILES string of the molecule is [CH-]=C(F)C=[C-]C(=[CH-])NCc1ccc2nccnc2c1.[CH2-]CNC[CH2-].[Li+].[Li+]. The van der Waals surface area contributed by atoms with E-state index in [0.717, 1.165) is 35.8 Å². The fourth-order valence-corrected chi connectivity index (χ4v) is 1.64. The second kappa shape index (κ2) is 15.9. The largest absolute Gasteiger partial charge is 1.00 e. The summed E-state index contributed by atoms with van der Waals surface area (Å²) in [6, 6.07) is 5.70. The third-order valence-electron chi connectivity index (χ3n) is 2.74. The van der Waals surface area contributed by atoms with Crippen molar-refractivity contribution in [1.29, 1.82) is 0 Å². The second-order valence-corrected chi connectivity index (χ2v) is 4.57. The number of nitrogens with one attached hydrogen (secondary N) is 2. The number of halogens is 1. The van der Waals surface area contributed by atoms with Gasteiger partial charge in [-0.25, -0.2) is 5.70 Å². The average molecular weight is 337 g/mol. The van der Waals surface area contributed by atoms with Crippen molar-refractivity contribution in [2.75, 3.05) is 13.1 Å². The zero-order valence-electron chi connectivity index (χ0n) is 15.4. The Labute approximate surface area is 179 Å². The van der Waals surface area contributed by atoms with Crippen LogP contribution in [0.15, 0.2) is 48.2 Å². The first-order chi connectivity index (χ1) is 11.6. The predicted molar refractivity (Wildman–Crippen MR) is 94.5 cm³/mol. The van der Waals surface area contributed by atoms with Crippen LogP contribution in [0.2, 0.25) is 0 Å². The molecular weight excluding hydrogens is 317 g/mol. The quantitative estimate of drug-likeness (QED) is 0.320. The van der Waals surface area contributed by atoms with Gasteiger partial charge in [-0.1, -0.05) is 6.07 Å². The Bertz CT molecular complexity index is 703. The van der Waals surface area contributed by atoms with E-state index in [4.69, 9.17) is 13.2 Å². The minimum absolute atomic E-state index is 0. The molecule has 2 aromatic rings. The fraction of sp³-hybridized carbons (Fsp3) is 0.158. The van der Waals surface area contributed by atoms with Crippen LogP contribution in [0.5, 0.6) is 0 Å². The third kappa shape index (κ3) is 11.3. The van der Waals surface area contributed by atoms with Gasteiger partial charge in [-0.05, 0) is 17.7 Å². The zero-order valence-corrected chi connectivity index (χ0v) is 15.4. The van der Waals surface area contributed by atoms with Gasteiger partial charge in [0.2, 0.25) is 0 Å². The summed E-state index contributed by atoms with van der Waals surface area (Å²) < 4.78 is 12.3. The molecule has 0 aliphatic heterocycles. The van der Waals surface area contributed by atoms with Crippen LogP contribution in [0.25, 0.3) is 11.0 Å². The molecule has 0 saturated carbocycles. The molecular formula is C19H20FLi2N4-3. The molecule has 0 aliphatic rings. The normalized spacial score (nSPS) is 9.50. The number of aromatic nitrogens is 2. The third-order valence-corrected chi connectivity index (χ3v) is 2.74. The summed E-state index contributed by atoms with van der Waals surface area (Å²) in [6.07, 6.45) is 6.73. The molecule has 0 spiro atoms. The number of fused-ring (bicyclic) bond motifs is 1. The van der Waals surface area contributed by atoms with Crippen molar-refractivity contribution in [3.8, 4) is 0 Å². The van der Waals surface area contributed by atoms with Crippen LogP contribution in [0.1, 0.15) is 5.56 Å². The maximum atomic E-state index is 12.3. The van der Waals surface area contributed by atoms with E-state index in [9.17, 15) is 4.39 Å². The van der Waals surface area contributed by atoms with E-state index in [1.807, 2.05) is 18.2 Å². The maximum absolute atomic E-state index is 12.3. The van der Waals surface area contributed by atoms with Crippen LogP contribution in [0.3, 0.4) is 0 Å². The summed E-state index contributed by atoms with van der Waals surface area (Å²) in [5, 5.41) is 5.78. The standard InChI is InChI=1S/C15H11FN3.C4H9N.2Li/c1-11(16)3-4-12(2)19-10-13-5-6-14-15(9-13)18-8-7-17-14;1-3-5-4-2;;/h1-3,5-9,19H,10H2;5H,1-4H2;;/q-3;-2;2*+1. The van der Waals surface area contributed by atoms with Crippen molar-refractivity contribution in [2.24, 2.45) is 0 Å². The molecule has 0 bridgehead atoms. The second-order valence-electron chi connectivity index (χ2n) is 4.57. The summed E-state index contributed by atoms with van der Waals surface area (Å²) >= 11 is 0. The summed E-state index contributed by atoms with van der Waals surface area (Å²) in [6.45, 7) is 19.5. The van der Waals surface area contributed by atoms with Crippen molar-refractivity contribution < 1.29 is 42.1 Å². The van der Waals surface area contributed by atoms with E-state index >= 15 is 0 Å². The van der Waals surface area contributed by atoms with E-state index in [1.54, 1.807) is 12.4 Å². The molecule has 1 aromatic heterocycles. The first-order valence-electron chi connectivity index (χ1n) is 7.29. The van der Waals surface area contributed by atoms with Gasteiger partial charge >= 0.3 is 37.7 Å². The van der Waals surface area contributed by atoms with Crippen LogP contribution in [-0.2, 0) is 6.54 Å². The van der Waals surface area contributed by atoms with Crippen molar-refractivity contribution in [3.05, 3.63) is 86.8 Å². The van der Waals surface area contributed by atoms with Crippen molar-refractivity contribution >= 4 is 11.0 Å². The Hall–Kier alpha value is -1.34. The van der Waals surface area contributed by atoms with Crippen LogP contribution < -0.4 is 48.4 Å². The number of benzene rings is 1. The molecule has 26 heavy (non-hydrogen) atoms. The smallest absolute Gasteiger partial charge is 0.435 e. The summed E-state index contributed by atoms with van der Waals surface area (Å²) in [5.74, 6) is -0.842. The molecule has 0 atom stereocenters. The van der Waals surface area contributed by atoms with Gasteiger partial charge in [-0.15, -0.1) is 13.1 Å². The van der Waals surface area contributed by atoms with Crippen LogP contribution >= 0.6 is 0 Å². The van der Waals surface area contributed by atoms with E-state index in [0.29, 0.717) is 6.54 Å². The Morgan fingerprint density at radius 1 is 1.12 bits per heavy atom. The molecule has 0 amide bonds. The number of hydrogen-bond acceptors (Lipinski definition) is 4. The van der Waals surface area contributed by atoms with Gasteiger partial charge in [0, 0.05) is 18.9 Å². The number of rotatable bonds is 7. The minimum atomic E-state index is -0.842. The Morgan fingerprint density at radius 2 is 1.73 bits per heavy atom. The maximum Gasteiger partial charge on any atom is 1.00 e. The van der Waals surface area contributed by atoms with E-state index in [2.05, 4.69) is 40.5 Å². The van der Waals surface area contributed by atoms with Gasteiger partial charge in [0.25, 0.3) is 0 Å². The zero-order chi connectivity index (χ0) is 17.8. The number of hydrogen-bond donors (Lipinski definition) is 2. The Balaban J connectivity index is 0. The molecule has 4 nitrogen and oxygen atoms in total. The minimum Gasteiger partial charge on any atom is -0.435 e. The Kier molecular flexibility index (Phi) is 16.4. The van der Waals surface area contributed by atoms with E-state index < -0.39 is 5.83 Å². The molecule has 7 heteroatoms. The summed E-state index contributed by atoms with van der Waals surface area (Å²) in [5.41, 5.74) is 2.82. The molecule has 128 valence electrons. The van der Waals surface area contributed by atoms with Crippen LogP contribution in [-0.4, -0.2) is 23.1 Å². The molecule has 0 aliphatic carbocycles. The molecule has 0 fully saturated rings. The first kappa shape index (κ1) is 26.9. The molecule has 1 heterocycles. The molecule has 0 saturated heterocycles. The average Bonchev–Trinajstić information content (AvgIpc) is 2.59. The first-order valence-corrected chi connectivity index (χ1v) is 7.29.